The van der Waals surface area contributed by atoms with Crippen LogP contribution in [0, 0.1) is 5.82 Å². The monoisotopic (exact) mass is 373 g/mol. The van der Waals surface area contributed by atoms with Crippen molar-refractivity contribution in [2.45, 2.75) is 12.5 Å². The highest BCUT2D eigenvalue weighted by atomic mass is 19.3. The molecule has 0 aliphatic carbocycles. The van der Waals surface area contributed by atoms with Crippen LogP contribution in [0.15, 0.2) is 40.7 Å². The summed E-state index contributed by atoms with van der Waals surface area (Å²) < 4.78 is 61.7. The van der Waals surface area contributed by atoms with Crippen LogP contribution < -0.4 is 10.1 Å². The molecule has 6 nitrogen and oxygen atoms in total. The van der Waals surface area contributed by atoms with E-state index in [0.29, 0.717) is 0 Å². The van der Waals surface area contributed by atoms with Gasteiger partial charge in [-0.1, -0.05) is 0 Å². The summed E-state index contributed by atoms with van der Waals surface area (Å²) in [7, 11) is 0. The molecular formula is C16H11F4NO5. The number of hydrogen-bond donors (Lipinski definition) is 2. The molecule has 0 amide bonds. The van der Waals surface area contributed by atoms with E-state index in [0.717, 1.165) is 18.2 Å². The van der Waals surface area contributed by atoms with Crippen molar-refractivity contribution in [2.75, 3.05) is 13.3 Å². The summed E-state index contributed by atoms with van der Waals surface area (Å²) in [5.41, 5.74) is -1.47. The van der Waals surface area contributed by atoms with Crippen LogP contribution in [-0.2, 0) is 14.3 Å². The molecule has 2 aliphatic rings. The zero-order chi connectivity index (χ0) is 19.0. The van der Waals surface area contributed by atoms with Gasteiger partial charge >= 0.3 is 18.6 Å². The fourth-order valence-corrected chi connectivity index (χ4v) is 3.00. The van der Waals surface area contributed by atoms with E-state index in [4.69, 9.17) is 4.74 Å². The second-order valence-electron chi connectivity index (χ2n) is 5.42. The van der Waals surface area contributed by atoms with Crippen molar-refractivity contribution in [1.82, 2.24) is 5.32 Å². The number of carbonyl (C=O) groups excluding carboxylic acids is 1. The Balaban J connectivity index is 2.25. The normalized spacial score (nSPS) is 19.4. The summed E-state index contributed by atoms with van der Waals surface area (Å²) in [6.07, 6.45) is 0. The van der Waals surface area contributed by atoms with E-state index in [1.807, 2.05) is 0 Å². The lowest BCUT2D eigenvalue weighted by Gasteiger charge is -2.28. The first-order valence-corrected chi connectivity index (χ1v) is 7.27. The molecule has 2 aliphatic heterocycles. The third-order valence-electron chi connectivity index (χ3n) is 3.96. The summed E-state index contributed by atoms with van der Waals surface area (Å²) in [5, 5.41) is 12.0. The van der Waals surface area contributed by atoms with Gasteiger partial charge in [0.1, 0.15) is 24.8 Å². The minimum atomic E-state index is -3.28. The standard InChI is InChI=1S/C16H11F4NO5/c17-4-8-12(14(22)23)11(13-9(21-8)5-25-15(13)24)7-3-6(18)1-2-10(7)26-16(19)20/h1-3,11,16,21H,4-5H2,(H,22,23). The highest BCUT2D eigenvalue weighted by molar-refractivity contribution is 6.00. The van der Waals surface area contributed by atoms with E-state index in [2.05, 4.69) is 10.1 Å². The van der Waals surface area contributed by atoms with E-state index in [-0.39, 0.29) is 29.1 Å². The van der Waals surface area contributed by atoms with E-state index in [1.165, 1.54) is 0 Å². The van der Waals surface area contributed by atoms with Gasteiger partial charge in [0.25, 0.3) is 0 Å². The summed E-state index contributed by atoms with van der Waals surface area (Å²) >= 11 is 0. The molecule has 1 aromatic carbocycles. The number of alkyl halides is 3. The van der Waals surface area contributed by atoms with Crippen LogP contribution in [0.2, 0.25) is 0 Å². The number of hydrogen-bond acceptors (Lipinski definition) is 5. The first-order valence-electron chi connectivity index (χ1n) is 7.27. The number of carboxylic acids is 1. The van der Waals surface area contributed by atoms with Crippen LogP contribution in [0.4, 0.5) is 17.6 Å². The lowest BCUT2D eigenvalue weighted by Crippen LogP contribution is -2.31. The lowest BCUT2D eigenvalue weighted by molar-refractivity contribution is -0.136. The Bertz CT molecular complexity index is 849. The number of carbonyl (C=O) groups is 2. The summed E-state index contributed by atoms with van der Waals surface area (Å²) in [6, 6.07) is 2.49. The minimum absolute atomic E-state index is 0.0879. The third kappa shape index (κ3) is 2.98. The Hall–Kier alpha value is -3.04. The maximum atomic E-state index is 13.8. The molecule has 10 heteroatoms. The number of rotatable bonds is 5. The van der Waals surface area contributed by atoms with E-state index in [1.54, 1.807) is 0 Å². The number of nitrogens with one attached hydrogen (secondary N) is 1. The van der Waals surface area contributed by atoms with Crippen molar-refractivity contribution >= 4 is 11.9 Å². The smallest absolute Gasteiger partial charge is 0.387 e. The number of dihydropyridines is 1. The number of benzene rings is 1. The SMILES string of the molecule is O=C(O)C1=C(CF)NC2=C(C(=O)OC2)C1c1cc(F)ccc1OC(F)F. The van der Waals surface area contributed by atoms with E-state index < -0.39 is 48.3 Å². The van der Waals surface area contributed by atoms with Gasteiger partial charge in [0.15, 0.2) is 0 Å². The molecule has 0 fully saturated rings. The number of cyclic esters (lactones) is 1. The molecule has 0 saturated heterocycles. The van der Waals surface area contributed by atoms with Crippen LogP contribution in [0.25, 0.3) is 0 Å². The van der Waals surface area contributed by atoms with Crippen LogP contribution in [0.1, 0.15) is 11.5 Å². The maximum absolute atomic E-state index is 13.8. The number of ether oxygens (including phenoxy) is 2. The second kappa shape index (κ2) is 6.70. The molecule has 0 bridgehead atoms. The first-order chi connectivity index (χ1) is 12.3. The van der Waals surface area contributed by atoms with E-state index >= 15 is 0 Å². The average molecular weight is 373 g/mol. The van der Waals surface area contributed by atoms with Crippen molar-refractivity contribution in [3.63, 3.8) is 0 Å². The number of allylic oxidation sites excluding steroid dienone is 1. The van der Waals surface area contributed by atoms with Crippen LogP contribution >= 0.6 is 0 Å². The molecule has 0 radical (unpaired) electrons. The van der Waals surface area contributed by atoms with Crippen LogP contribution in [0.3, 0.4) is 0 Å². The summed E-state index contributed by atoms with van der Waals surface area (Å²) in [4.78, 5) is 23.8. The largest absolute Gasteiger partial charge is 0.478 e. The van der Waals surface area contributed by atoms with Gasteiger partial charge < -0.3 is 19.9 Å². The zero-order valence-corrected chi connectivity index (χ0v) is 12.9. The highest BCUT2D eigenvalue weighted by Gasteiger charge is 2.43. The number of aliphatic carboxylic acids is 1. The molecule has 2 N–H and O–H groups in total. The number of carboxylic acid groups (broad SMARTS) is 1. The Morgan fingerprint density at radius 1 is 1.42 bits per heavy atom. The van der Waals surface area contributed by atoms with Crippen LogP contribution in [-0.4, -0.2) is 36.9 Å². The molecule has 0 aromatic heterocycles. The molecule has 138 valence electrons. The zero-order valence-electron chi connectivity index (χ0n) is 12.9. The Labute approximate surface area is 143 Å². The molecule has 0 saturated carbocycles. The molecule has 0 spiro atoms. The van der Waals surface area contributed by atoms with Crippen molar-refractivity contribution in [1.29, 1.82) is 0 Å². The molecule has 1 atom stereocenters. The molecule has 26 heavy (non-hydrogen) atoms. The van der Waals surface area contributed by atoms with Crippen molar-refractivity contribution < 1.29 is 41.7 Å². The summed E-state index contributed by atoms with van der Waals surface area (Å²) in [5.74, 6) is -5.46. The minimum Gasteiger partial charge on any atom is -0.478 e. The fraction of sp³-hybridized carbons (Fsp3) is 0.250. The highest BCUT2D eigenvalue weighted by Crippen LogP contribution is 2.44. The van der Waals surface area contributed by atoms with Gasteiger partial charge in [-0.05, 0) is 18.2 Å². The van der Waals surface area contributed by atoms with E-state index in [9.17, 15) is 32.3 Å². The predicted molar refractivity (Wildman–Crippen MR) is 77.5 cm³/mol. The molecule has 3 rings (SSSR count). The van der Waals surface area contributed by atoms with Gasteiger partial charge in [0, 0.05) is 5.56 Å². The third-order valence-corrected chi connectivity index (χ3v) is 3.96. The Kier molecular flexibility index (Phi) is 4.58. The second-order valence-corrected chi connectivity index (χ2v) is 5.42. The first kappa shape index (κ1) is 17.8. The lowest BCUT2D eigenvalue weighted by atomic mass is 9.80. The van der Waals surface area contributed by atoms with Gasteiger partial charge in [-0.3, -0.25) is 0 Å². The average Bonchev–Trinajstić information content (AvgIpc) is 2.95. The van der Waals surface area contributed by atoms with Crippen molar-refractivity contribution in [3.05, 3.63) is 52.1 Å². The molecule has 1 unspecified atom stereocenters. The quantitative estimate of drug-likeness (QED) is 0.608. The van der Waals surface area contributed by atoms with Gasteiger partial charge in [-0.2, -0.15) is 8.78 Å². The molecular weight excluding hydrogens is 362 g/mol. The topological polar surface area (TPSA) is 84.9 Å². The Morgan fingerprint density at radius 3 is 2.77 bits per heavy atom. The maximum Gasteiger partial charge on any atom is 0.387 e. The molecule has 1 aromatic rings. The van der Waals surface area contributed by atoms with Crippen molar-refractivity contribution in [3.8, 4) is 5.75 Å². The number of halogens is 4. The Morgan fingerprint density at radius 2 is 2.15 bits per heavy atom. The van der Waals surface area contributed by atoms with Gasteiger partial charge in [0.05, 0.1) is 28.5 Å². The predicted octanol–water partition coefficient (Wildman–Crippen LogP) is 2.23. The van der Waals surface area contributed by atoms with Crippen LogP contribution in [0.5, 0.6) is 5.75 Å². The molecule has 2 heterocycles. The van der Waals surface area contributed by atoms with Gasteiger partial charge in [0.2, 0.25) is 0 Å². The van der Waals surface area contributed by atoms with Gasteiger partial charge in [-0.25, -0.2) is 18.4 Å². The van der Waals surface area contributed by atoms with Gasteiger partial charge in [-0.15, -0.1) is 0 Å². The number of esters is 1. The summed E-state index contributed by atoms with van der Waals surface area (Å²) in [6.45, 7) is -4.78. The fourth-order valence-electron chi connectivity index (χ4n) is 3.00. The van der Waals surface area contributed by atoms with Crippen molar-refractivity contribution in [2.24, 2.45) is 0 Å².